The van der Waals surface area contributed by atoms with Gasteiger partial charge in [-0.3, -0.25) is 14.2 Å². The van der Waals surface area contributed by atoms with E-state index in [1.165, 1.54) is 22.8 Å². The van der Waals surface area contributed by atoms with Crippen molar-refractivity contribution in [3.8, 4) is 11.5 Å². The molecule has 0 N–H and O–H groups in total. The van der Waals surface area contributed by atoms with Crippen LogP contribution in [0, 0.1) is 0 Å². The predicted molar refractivity (Wildman–Crippen MR) is 131 cm³/mol. The Kier molecular flexibility index (Phi) is 6.97. The van der Waals surface area contributed by atoms with Crippen LogP contribution in [0.5, 0.6) is 11.5 Å². The highest BCUT2D eigenvalue weighted by Crippen LogP contribution is 2.31. The second-order valence-electron chi connectivity index (χ2n) is 7.71. The molecule has 1 atom stereocenters. The number of fused-ring (bicyclic) bond motifs is 1. The van der Waals surface area contributed by atoms with Crippen molar-refractivity contribution in [3.63, 3.8) is 0 Å². The fourth-order valence-electron chi connectivity index (χ4n) is 3.88. The van der Waals surface area contributed by atoms with Gasteiger partial charge in [-0.2, -0.15) is 0 Å². The van der Waals surface area contributed by atoms with E-state index < -0.39 is 18.0 Å². The Bertz CT molecular complexity index is 1500. The molecule has 3 aromatic rings. The summed E-state index contributed by atoms with van der Waals surface area (Å²) in [6.45, 7) is 4.98. The zero-order valence-electron chi connectivity index (χ0n) is 19.7. The van der Waals surface area contributed by atoms with Crippen LogP contribution >= 0.6 is 11.3 Å². The lowest BCUT2D eigenvalue weighted by Crippen LogP contribution is -2.39. The van der Waals surface area contributed by atoms with Crippen LogP contribution in [0.4, 0.5) is 0 Å². The molecule has 1 aliphatic heterocycles. The molecule has 0 unspecified atom stereocenters. The number of allylic oxidation sites excluding steroid dienone is 1. The van der Waals surface area contributed by atoms with Gasteiger partial charge in [0, 0.05) is 12.5 Å². The predicted octanol–water partition coefficient (Wildman–Crippen LogP) is 2.73. The monoisotopic (exact) mass is 492 g/mol. The minimum absolute atomic E-state index is 0.197. The maximum absolute atomic E-state index is 13.7. The van der Waals surface area contributed by atoms with Crippen LogP contribution in [-0.2, 0) is 14.3 Å². The number of rotatable bonds is 6. The highest BCUT2D eigenvalue weighted by Gasteiger charge is 2.33. The lowest BCUT2D eigenvalue weighted by Gasteiger charge is -2.24. The van der Waals surface area contributed by atoms with Gasteiger partial charge < -0.3 is 14.2 Å². The Balaban J connectivity index is 1.93. The van der Waals surface area contributed by atoms with E-state index in [0.717, 1.165) is 5.56 Å². The highest BCUT2D eigenvalue weighted by molar-refractivity contribution is 7.07. The van der Waals surface area contributed by atoms with Crippen molar-refractivity contribution in [2.75, 3.05) is 13.7 Å². The normalized spacial score (nSPS) is 15.3. The van der Waals surface area contributed by atoms with E-state index in [9.17, 15) is 14.4 Å². The first kappa shape index (κ1) is 24.2. The number of hydrogen-bond donors (Lipinski definition) is 0. The summed E-state index contributed by atoms with van der Waals surface area (Å²) in [6, 6.07) is 13.4. The average Bonchev–Trinajstić information content (AvgIpc) is 3.13. The molecule has 2 aromatic carbocycles. The number of nitrogens with zero attached hydrogens (tertiary/aromatic N) is 2. The van der Waals surface area contributed by atoms with Gasteiger partial charge >= 0.3 is 11.9 Å². The second-order valence-corrected chi connectivity index (χ2v) is 8.72. The maximum atomic E-state index is 13.7. The summed E-state index contributed by atoms with van der Waals surface area (Å²) in [5, 5.41) is 0. The number of hydrogen-bond acceptors (Lipinski definition) is 8. The number of esters is 2. The van der Waals surface area contributed by atoms with E-state index >= 15 is 0 Å². The third kappa shape index (κ3) is 4.81. The van der Waals surface area contributed by atoms with Crippen LogP contribution in [0.3, 0.4) is 0 Å². The Morgan fingerprint density at radius 2 is 1.86 bits per heavy atom. The van der Waals surface area contributed by atoms with Crippen molar-refractivity contribution in [3.05, 3.63) is 90.6 Å². The first-order valence-electron chi connectivity index (χ1n) is 10.9. The summed E-state index contributed by atoms with van der Waals surface area (Å²) in [5.41, 5.74) is 1.77. The topological polar surface area (TPSA) is 96.2 Å². The minimum Gasteiger partial charge on any atom is -0.497 e. The molecule has 8 nitrogen and oxygen atoms in total. The molecule has 0 radical (unpaired) electrons. The first-order chi connectivity index (χ1) is 16.8. The van der Waals surface area contributed by atoms with Crippen molar-refractivity contribution in [2.45, 2.75) is 26.8 Å². The molecule has 0 spiro atoms. The molecule has 0 aliphatic carbocycles. The molecule has 9 heteroatoms. The standard InChI is InChI=1S/C26H24N2O6S/c1-5-33-25(31)22-15(2)27-26-28(23(22)17-10-12-19(32-4)13-11-17)24(30)21(35-26)14-18-8-6-7-9-20(18)34-16(3)29/h6-14,23H,5H2,1-4H3/t23-/m0/s1. The van der Waals surface area contributed by atoms with E-state index in [-0.39, 0.29) is 12.2 Å². The largest absolute Gasteiger partial charge is 0.497 e. The van der Waals surface area contributed by atoms with Crippen LogP contribution in [0.2, 0.25) is 0 Å². The zero-order valence-corrected chi connectivity index (χ0v) is 20.5. The smallest absolute Gasteiger partial charge is 0.338 e. The van der Waals surface area contributed by atoms with Crippen molar-refractivity contribution in [2.24, 2.45) is 4.99 Å². The van der Waals surface area contributed by atoms with Crippen LogP contribution in [-0.4, -0.2) is 30.2 Å². The van der Waals surface area contributed by atoms with Crippen molar-refractivity contribution in [1.82, 2.24) is 4.57 Å². The number of para-hydroxylation sites is 1. The van der Waals surface area contributed by atoms with Crippen molar-refractivity contribution >= 4 is 29.4 Å². The minimum atomic E-state index is -0.720. The number of thiazole rings is 1. The fourth-order valence-corrected chi connectivity index (χ4v) is 4.92. The van der Waals surface area contributed by atoms with Crippen LogP contribution in [0.15, 0.2) is 69.6 Å². The number of ether oxygens (including phenoxy) is 3. The molecule has 1 aliphatic rings. The maximum Gasteiger partial charge on any atom is 0.338 e. The van der Waals surface area contributed by atoms with E-state index in [2.05, 4.69) is 4.99 Å². The summed E-state index contributed by atoms with van der Waals surface area (Å²) < 4.78 is 17.8. The third-order valence-corrected chi connectivity index (χ3v) is 6.39. The Hall–Kier alpha value is -3.98. The number of carbonyl (C=O) groups is 2. The molecule has 4 rings (SSSR count). The molecule has 0 saturated heterocycles. The van der Waals surface area contributed by atoms with Gasteiger partial charge in [-0.05, 0) is 43.7 Å². The van der Waals surface area contributed by atoms with E-state index in [4.69, 9.17) is 14.2 Å². The summed E-state index contributed by atoms with van der Waals surface area (Å²) >= 11 is 1.20. The molecule has 0 saturated carbocycles. The van der Waals surface area contributed by atoms with Crippen molar-refractivity contribution in [1.29, 1.82) is 0 Å². The van der Waals surface area contributed by atoms with Gasteiger partial charge in [0.15, 0.2) is 4.80 Å². The Morgan fingerprint density at radius 1 is 1.14 bits per heavy atom. The molecular weight excluding hydrogens is 468 g/mol. The number of carbonyl (C=O) groups excluding carboxylic acids is 2. The van der Waals surface area contributed by atoms with Crippen LogP contribution < -0.4 is 24.4 Å². The summed E-state index contributed by atoms with van der Waals surface area (Å²) in [6.07, 6.45) is 1.66. The Labute approximate surface area is 205 Å². The lowest BCUT2D eigenvalue weighted by atomic mass is 9.96. The highest BCUT2D eigenvalue weighted by atomic mass is 32.1. The second kappa shape index (κ2) is 10.1. The lowest BCUT2D eigenvalue weighted by molar-refractivity contribution is -0.139. The van der Waals surface area contributed by atoms with Gasteiger partial charge in [0.2, 0.25) is 0 Å². The fraction of sp³-hybridized carbons (Fsp3) is 0.231. The molecule has 0 bridgehead atoms. The van der Waals surface area contributed by atoms with E-state index in [1.807, 2.05) is 12.1 Å². The number of aromatic nitrogens is 1. The molecule has 180 valence electrons. The van der Waals surface area contributed by atoms with Gasteiger partial charge in [-0.25, -0.2) is 9.79 Å². The Morgan fingerprint density at radius 3 is 2.51 bits per heavy atom. The quantitative estimate of drug-likeness (QED) is 0.388. The van der Waals surface area contributed by atoms with Gasteiger partial charge in [0.25, 0.3) is 5.56 Å². The summed E-state index contributed by atoms with van der Waals surface area (Å²) in [7, 11) is 1.57. The van der Waals surface area contributed by atoms with Gasteiger partial charge in [-0.1, -0.05) is 41.7 Å². The van der Waals surface area contributed by atoms with E-state index in [0.29, 0.717) is 37.7 Å². The number of methoxy groups -OCH3 is 1. The molecule has 0 fully saturated rings. The van der Waals surface area contributed by atoms with Crippen LogP contribution in [0.25, 0.3) is 6.08 Å². The third-order valence-electron chi connectivity index (χ3n) is 5.41. The molecular formula is C26H24N2O6S. The molecule has 35 heavy (non-hydrogen) atoms. The SMILES string of the molecule is CCOC(=O)C1=C(C)N=c2sc(=Cc3ccccc3OC(C)=O)c(=O)n2[C@H]1c1ccc(OC)cc1. The van der Waals surface area contributed by atoms with Crippen molar-refractivity contribution < 1.29 is 23.8 Å². The zero-order chi connectivity index (χ0) is 25.1. The average molecular weight is 493 g/mol. The van der Waals surface area contributed by atoms with Crippen LogP contribution in [0.1, 0.15) is 37.9 Å². The molecule has 2 heterocycles. The summed E-state index contributed by atoms with van der Waals surface area (Å²) in [5.74, 6) is 0.0214. The van der Waals surface area contributed by atoms with Gasteiger partial charge in [-0.15, -0.1) is 0 Å². The number of benzene rings is 2. The van der Waals surface area contributed by atoms with E-state index in [1.54, 1.807) is 63.4 Å². The van der Waals surface area contributed by atoms with Gasteiger partial charge in [0.05, 0.1) is 35.6 Å². The van der Waals surface area contributed by atoms with Gasteiger partial charge in [0.1, 0.15) is 11.5 Å². The molecule has 1 aromatic heterocycles. The first-order valence-corrected chi connectivity index (χ1v) is 11.8. The summed E-state index contributed by atoms with van der Waals surface area (Å²) in [4.78, 5) is 43.1. The molecule has 0 amide bonds.